The van der Waals surface area contributed by atoms with Gasteiger partial charge in [-0.05, 0) is 30.0 Å². The predicted octanol–water partition coefficient (Wildman–Crippen LogP) is 1.86. The summed E-state index contributed by atoms with van der Waals surface area (Å²) >= 11 is 4.37. The van der Waals surface area contributed by atoms with Gasteiger partial charge in [-0.25, -0.2) is 0 Å². The van der Waals surface area contributed by atoms with Gasteiger partial charge in [-0.2, -0.15) is 0 Å². The molecule has 0 saturated heterocycles. The van der Waals surface area contributed by atoms with E-state index >= 15 is 0 Å². The molecule has 0 saturated carbocycles. The molecule has 0 N–H and O–H groups in total. The molecule has 2 rings (SSSR count). The number of fused-ring (bicyclic) bond motifs is 1. The molecule has 1 atom stereocenters. The van der Waals surface area contributed by atoms with Crippen molar-refractivity contribution in [1.29, 1.82) is 0 Å². The Labute approximate surface area is 88.7 Å². The van der Waals surface area contributed by atoms with Crippen LogP contribution in [0.3, 0.4) is 0 Å². The van der Waals surface area contributed by atoms with Crippen molar-refractivity contribution in [1.82, 2.24) is 0 Å². The summed E-state index contributed by atoms with van der Waals surface area (Å²) in [6.45, 7) is 0. The molecule has 0 amide bonds. The Kier molecular flexibility index (Phi) is 2.50. The van der Waals surface area contributed by atoms with Crippen LogP contribution in [0.25, 0.3) is 0 Å². The van der Waals surface area contributed by atoms with Gasteiger partial charge in [-0.3, -0.25) is 4.79 Å². The molecule has 1 aliphatic carbocycles. The zero-order chi connectivity index (χ0) is 10.1. The second-order valence-electron chi connectivity index (χ2n) is 3.54. The number of hydrogen-bond acceptors (Lipinski definition) is 3. The summed E-state index contributed by atoms with van der Waals surface area (Å²) in [6, 6.07) is 5.99. The van der Waals surface area contributed by atoms with Crippen LogP contribution in [0.2, 0.25) is 0 Å². The molecule has 74 valence electrons. The quantitative estimate of drug-likeness (QED) is 0.563. The first-order chi connectivity index (χ1) is 6.72. The topological polar surface area (TPSA) is 26.3 Å². The summed E-state index contributed by atoms with van der Waals surface area (Å²) in [4.78, 5) is 12.3. The Morgan fingerprint density at radius 2 is 2.29 bits per heavy atom. The molecule has 1 aromatic rings. The third-order valence-corrected chi connectivity index (χ3v) is 3.12. The third kappa shape index (κ3) is 1.52. The zero-order valence-electron chi connectivity index (χ0n) is 7.99. The molecule has 0 aromatic heterocycles. The van der Waals surface area contributed by atoms with Crippen LogP contribution in [0.15, 0.2) is 23.1 Å². The predicted molar refractivity (Wildman–Crippen MR) is 56.6 cm³/mol. The maximum atomic E-state index is 11.3. The molecule has 14 heavy (non-hydrogen) atoms. The van der Waals surface area contributed by atoms with Gasteiger partial charge in [-0.1, -0.05) is 12.1 Å². The molecule has 1 aliphatic rings. The Hall–Kier alpha value is -0.960. The summed E-state index contributed by atoms with van der Waals surface area (Å²) in [5.74, 6) is -0.128. The third-order valence-electron chi connectivity index (χ3n) is 2.70. The van der Waals surface area contributed by atoms with E-state index in [4.69, 9.17) is 4.74 Å². The van der Waals surface area contributed by atoms with Crippen molar-refractivity contribution in [2.75, 3.05) is 7.11 Å². The van der Waals surface area contributed by atoms with E-state index in [1.165, 1.54) is 18.2 Å². The fraction of sp³-hybridized carbons (Fsp3) is 0.364. The smallest absolute Gasteiger partial charge is 0.309 e. The van der Waals surface area contributed by atoms with Crippen molar-refractivity contribution >= 4 is 18.6 Å². The lowest BCUT2D eigenvalue weighted by Crippen LogP contribution is -2.15. The molecule has 3 heteroatoms. The van der Waals surface area contributed by atoms with Crippen LogP contribution in [0.1, 0.15) is 11.1 Å². The molecule has 0 fully saturated rings. The number of benzene rings is 1. The number of ether oxygens (including phenoxy) is 1. The van der Waals surface area contributed by atoms with Gasteiger partial charge in [0.05, 0.1) is 13.0 Å². The van der Waals surface area contributed by atoms with E-state index in [1.807, 2.05) is 12.1 Å². The minimum absolute atomic E-state index is 0.0108. The van der Waals surface area contributed by atoms with Crippen LogP contribution in [0.4, 0.5) is 0 Å². The van der Waals surface area contributed by atoms with E-state index < -0.39 is 0 Å². The van der Waals surface area contributed by atoms with Crippen LogP contribution in [-0.2, 0) is 22.4 Å². The van der Waals surface area contributed by atoms with Gasteiger partial charge in [0.2, 0.25) is 0 Å². The van der Waals surface area contributed by atoms with Crippen molar-refractivity contribution < 1.29 is 9.53 Å². The first-order valence-electron chi connectivity index (χ1n) is 4.60. The first kappa shape index (κ1) is 9.59. The van der Waals surface area contributed by atoms with E-state index in [2.05, 4.69) is 18.7 Å². The van der Waals surface area contributed by atoms with Crippen molar-refractivity contribution in [3.63, 3.8) is 0 Å². The molecule has 1 aromatic carbocycles. The number of thiol groups is 1. The highest BCUT2D eigenvalue weighted by molar-refractivity contribution is 7.80. The molecule has 1 unspecified atom stereocenters. The van der Waals surface area contributed by atoms with Gasteiger partial charge < -0.3 is 4.74 Å². The summed E-state index contributed by atoms with van der Waals surface area (Å²) in [5.41, 5.74) is 2.43. The molecule has 2 nitrogen and oxygen atoms in total. The van der Waals surface area contributed by atoms with Crippen LogP contribution < -0.4 is 0 Å². The standard InChI is InChI=1S/C11H12O2S/c1-13-11(12)8-5-7-3-2-4-10(14)9(7)6-8/h2-4,8,14H,5-6H2,1H3. The second kappa shape index (κ2) is 3.65. The maximum absolute atomic E-state index is 11.3. The van der Waals surface area contributed by atoms with Gasteiger partial charge in [0.1, 0.15) is 0 Å². The number of methoxy groups -OCH3 is 1. The number of carbonyl (C=O) groups excluding carboxylic acids is 1. The molecule has 0 aliphatic heterocycles. The minimum atomic E-state index is -0.117. The van der Waals surface area contributed by atoms with E-state index in [-0.39, 0.29) is 11.9 Å². The van der Waals surface area contributed by atoms with Crippen molar-refractivity contribution in [2.24, 2.45) is 5.92 Å². The molecular weight excluding hydrogens is 196 g/mol. The summed E-state index contributed by atoms with van der Waals surface area (Å²) in [7, 11) is 1.44. The Balaban J connectivity index is 2.26. The summed E-state index contributed by atoms with van der Waals surface area (Å²) in [5, 5.41) is 0. The molecule has 0 spiro atoms. The van der Waals surface area contributed by atoms with E-state index in [0.29, 0.717) is 0 Å². The number of esters is 1. The monoisotopic (exact) mass is 208 g/mol. The Morgan fingerprint density at radius 1 is 1.50 bits per heavy atom. The molecular formula is C11H12O2S. The first-order valence-corrected chi connectivity index (χ1v) is 5.04. The van der Waals surface area contributed by atoms with Crippen LogP contribution in [0.5, 0.6) is 0 Å². The SMILES string of the molecule is COC(=O)C1Cc2cccc(S)c2C1. The molecule has 0 radical (unpaired) electrons. The number of rotatable bonds is 1. The van der Waals surface area contributed by atoms with Crippen LogP contribution >= 0.6 is 12.6 Å². The minimum Gasteiger partial charge on any atom is -0.469 e. The van der Waals surface area contributed by atoms with Gasteiger partial charge in [-0.15, -0.1) is 12.6 Å². The average molecular weight is 208 g/mol. The van der Waals surface area contributed by atoms with Crippen LogP contribution in [-0.4, -0.2) is 13.1 Å². The molecule has 0 bridgehead atoms. The normalized spacial score (nSPS) is 19.1. The fourth-order valence-electron chi connectivity index (χ4n) is 1.97. The lowest BCUT2D eigenvalue weighted by Gasteiger charge is -2.04. The van der Waals surface area contributed by atoms with E-state index in [9.17, 15) is 4.79 Å². The van der Waals surface area contributed by atoms with Gasteiger partial charge in [0, 0.05) is 4.90 Å². The largest absolute Gasteiger partial charge is 0.469 e. The second-order valence-corrected chi connectivity index (χ2v) is 4.02. The summed E-state index contributed by atoms with van der Waals surface area (Å²) in [6.07, 6.45) is 1.55. The fourth-order valence-corrected chi connectivity index (χ4v) is 2.29. The highest BCUT2D eigenvalue weighted by atomic mass is 32.1. The van der Waals surface area contributed by atoms with E-state index in [0.717, 1.165) is 17.7 Å². The van der Waals surface area contributed by atoms with Gasteiger partial charge >= 0.3 is 5.97 Å². The number of carbonyl (C=O) groups is 1. The highest BCUT2D eigenvalue weighted by Gasteiger charge is 2.28. The van der Waals surface area contributed by atoms with Crippen molar-refractivity contribution in [2.45, 2.75) is 17.7 Å². The number of hydrogen-bond donors (Lipinski definition) is 1. The Bertz CT molecular complexity index is 374. The average Bonchev–Trinajstić information content (AvgIpc) is 2.62. The van der Waals surface area contributed by atoms with Gasteiger partial charge in [0.25, 0.3) is 0 Å². The molecule has 0 heterocycles. The van der Waals surface area contributed by atoms with Crippen molar-refractivity contribution in [3.05, 3.63) is 29.3 Å². The Morgan fingerprint density at radius 3 is 2.93 bits per heavy atom. The summed E-state index contributed by atoms with van der Waals surface area (Å²) < 4.78 is 4.74. The van der Waals surface area contributed by atoms with Gasteiger partial charge in [0.15, 0.2) is 0 Å². The van der Waals surface area contributed by atoms with E-state index in [1.54, 1.807) is 0 Å². The maximum Gasteiger partial charge on any atom is 0.309 e. The zero-order valence-corrected chi connectivity index (χ0v) is 8.88. The lowest BCUT2D eigenvalue weighted by atomic mass is 10.1. The highest BCUT2D eigenvalue weighted by Crippen LogP contribution is 2.31. The lowest BCUT2D eigenvalue weighted by molar-refractivity contribution is -0.145. The van der Waals surface area contributed by atoms with Crippen LogP contribution in [0, 0.1) is 5.92 Å². The van der Waals surface area contributed by atoms with Crippen molar-refractivity contribution in [3.8, 4) is 0 Å².